The fourth-order valence-electron chi connectivity index (χ4n) is 3.83. The van der Waals surface area contributed by atoms with Crippen LogP contribution < -0.4 is 10.0 Å². The number of rotatable bonds is 10. The maximum Gasteiger partial charge on any atom is 0.240 e. The van der Waals surface area contributed by atoms with Crippen LogP contribution in [0.4, 0.5) is 0 Å². The van der Waals surface area contributed by atoms with Crippen molar-refractivity contribution in [2.75, 3.05) is 26.2 Å². The topological polar surface area (TPSA) is 74.3 Å². The number of hydrogen-bond acceptors (Lipinski definition) is 5. The Bertz CT molecular complexity index is 897. The molecule has 1 aliphatic carbocycles. The van der Waals surface area contributed by atoms with Gasteiger partial charge in [-0.2, -0.15) is 0 Å². The Morgan fingerprint density at radius 3 is 2.79 bits per heavy atom. The molecule has 1 atom stereocenters. The van der Waals surface area contributed by atoms with Gasteiger partial charge in [-0.3, -0.25) is 4.98 Å². The summed E-state index contributed by atoms with van der Waals surface area (Å²) in [5, 5.41) is 3.56. The van der Waals surface area contributed by atoms with Gasteiger partial charge in [0, 0.05) is 25.8 Å². The van der Waals surface area contributed by atoms with Crippen LogP contribution in [-0.2, 0) is 23.0 Å². The Kier molecular flexibility index (Phi) is 7.77. The smallest absolute Gasteiger partial charge is 0.240 e. The van der Waals surface area contributed by atoms with E-state index >= 15 is 0 Å². The van der Waals surface area contributed by atoms with Crippen molar-refractivity contribution in [3.05, 3.63) is 59.4 Å². The van der Waals surface area contributed by atoms with Crippen molar-refractivity contribution in [2.24, 2.45) is 0 Å². The highest BCUT2D eigenvalue weighted by atomic mass is 32.2. The van der Waals surface area contributed by atoms with E-state index in [1.165, 1.54) is 5.56 Å². The van der Waals surface area contributed by atoms with Crippen molar-refractivity contribution < 1.29 is 8.42 Å². The predicted octanol–water partition coefficient (Wildman–Crippen LogP) is 2.87. The van der Waals surface area contributed by atoms with E-state index in [2.05, 4.69) is 39.8 Å². The fraction of sp³-hybridized carbons (Fsp3) is 0.500. The van der Waals surface area contributed by atoms with Crippen molar-refractivity contribution >= 4 is 10.0 Å². The van der Waals surface area contributed by atoms with Crippen LogP contribution in [0.1, 0.15) is 49.6 Å². The molecule has 0 amide bonds. The minimum absolute atomic E-state index is 0.215. The Hall–Kier alpha value is -1.80. The lowest BCUT2D eigenvalue weighted by Crippen LogP contribution is -2.34. The average molecular weight is 417 g/mol. The van der Waals surface area contributed by atoms with Gasteiger partial charge in [-0.05, 0) is 61.7 Å². The van der Waals surface area contributed by atoms with Crippen molar-refractivity contribution in [1.82, 2.24) is 19.9 Å². The van der Waals surface area contributed by atoms with E-state index in [0.29, 0.717) is 24.5 Å². The first-order valence-electron chi connectivity index (χ1n) is 10.5. The summed E-state index contributed by atoms with van der Waals surface area (Å²) < 4.78 is 28.0. The van der Waals surface area contributed by atoms with Crippen LogP contribution in [-0.4, -0.2) is 44.5 Å². The zero-order valence-corrected chi connectivity index (χ0v) is 18.2. The minimum atomic E-state index is -3.50. The van der Waals surface area contributed by atoms with Crippen LogP contribution in [0.5, 0.6) is 0 Å². The summed E-state index contributed by atoms with van der Waals surface area (Å²) in [6.45, 7) is 7.72. The number of benzene rings is 1. The maximum atomic E-state index is 12.7. The van der Waals surface area contributed by atoms with Gasteiger partial charge in [0.15, 0.2) is 0 Å². The Labute approximate surface area is 174 Å². The number of hydrogen-bond donors (Lipinski definition) is 2. The van der Waals surface area contributed by atoms with Gasteiger partial charge in [0.05, 0.1) is 16.6 Å². The molecule has 2 N–H and O–H groups in total. The summed E-state index contributed by atoms with van der Waals surface area (Å²) in [5.41, 5.74) is 3.39. The first-order valence-corrected chi connectivity index (χ1v) is 12.0. The molecule has 29 heavy (non-hydrogen) atoms. The number of likely N-dealkylation sites (N-methyl/N-ethyl adjacent to an activating group) is 1. The fourth-order valence-corrected chi connectivity index (χ4v) is 4.92. The second-order valence-electron chi connectivity index (χ2n) is 7.45. The number of nitrogens with one attached hydrogen (secondary N) is 2. The largest absolute Gasteiger partial charge is 0.305 e. The average Bonchev–Trinajstić information content (AvgIpc) is 2.75. The van der Waals surface area contributed by atoms with E-state index in [1.54, 1.807) is 12.1 Å². The molecule has 0 saturated heterocycles. The van der Waals surface area contributed by atoms with E-state index in [1.807, 2.05) is 24.4 Å². The molecule has 1 unspecified atom stereocenters. The lowest BCUT2D eigenvalue weighted by molar-refractivity contribution is 0.309. The van der Waals surface area contributed by atoms with Gasteiger partial charge in [0.25, 0.3) is 0 Å². The molecule has 0 spiro atoms. The van der Waals surface area contributed by atoms with Crippen LogP contribution in [0.2, 0.25) is 0 Å². The van der Waals surface area contributed by atoms with Gasteiger partial charge >= 0.3 is 0 Å². The molecule has 0 saturated carbocycles. The number of nitrogens with zero attached hydrogens (tertiary/aromatic N) is 2. The third kappa shape index (κ3) is 5.85. The molecule has 1 aliphatic rings. The Morgan fingerprint density at radius 1 is 1.17 bits per heavy atom. The minimum Gasteiger partial charge on any atom is -0.305 e. The summed E-state index contributed by atoms with van der Waals surface area (Å²) in [6, 6.07) is 11.5. The van der Waals surface area contributed by atoms with Crippen molar-refractivity contribution in [3.63, 3.8) is 0 Å². The first kappa shape index (κ1) is 21.9. The van der Waals surface area contributed by atoms with Crippen LogP contribution in [0, 0.1) is 0 Å². The zero-order valence-electron chi connectivity index (χ0n) is 17.4. The highest BCUT2D eigenvalue weighted by Gasteiger charge is 2.21. The molecule has 0 bridgehead atoms. The molecule has 158 valence electrons. The van der Waals surface area contributed by atoms with Crippen LogP contribution in [0.25, 0.3) is 0 Å². The second-order valence-corrected chi connectivity index (χ2v) is 9.21. The second kappa shape index (κ2) is 10.3. The van der Waals surface area contributed by atoms with Crippen molar-refractivity contribution in [3.8, 4) is 0 Å². The van der Waals surface area contributed by atoms with Crippen LogP contribution in [0.3, 0.4) is 0 Å². The number of aromatic nitrogens is 1. The lowest BCUT2D eigenvalue weighted by Gasteiger charge is -2.25. The number of fused-ring (bicyclic) bond motifs is 1. The summed E-state index contributed by atoms with van der Waals surface area (Å²) in [4.78, 5) is 7.07. The zero-order chi connectivity index (χ0) is 20.7. The number of pyridine rings is 1. The summed E-state index contributed by atoms with van der Waals surface area (Å²) in [7, 11) is -3.50. The monoisotopic (exact) mass is 416 g/mol. The third-order valence-corrected chi connectivity index (χ3v) is 7.03. The van der Waals surface area contributed by atoms with E-state index in [9.17, 15) is 8.42 Å². The molecule has 0 fully saturated rings. The summed E-state index contributed by atoms with van der Waals surface area (Å²) >= 11 is 0. The molecule has 1 aromatic carbocycles. The Balaban J connectivity index is 1.61. The normalized spacial score (nSPS) is 16.7. The highest BCUT2D eigenvalue weighted by Crippen LogP contribution is 2.28. The molecule has 6 nitrogen and oxygen atoms in total. The quantitative estimate of drug-likeness (QED) is 0.623. The molecule has 1 aromatic heterocycles. The highest BCUT2D eigenvalue weighted by molar-refractivity contribution is 7.89. The maximum absolute atomic E-state index is 12.7. The summed E-state index contributed by atoms with van der Waals surface area (Å²) in [5.74, 6) is 0. The van der Waals surface area contributed by atoms with Crippen molar-refractivity contribution in [1.29, 1.82) is 0 Å². The van der Waals surface area contributed by atoms with Gasteiger partial charge < -0.3 is 10.2 Å². The number of sulfonamides is 1. The molecular weight excluding hydrogens is 384 g/mol. The molecule has 1 heterocycles. The molecule has 3 rings (SSSR count). The molecule has 0 aliphatic heterocycles. The van der Waals surface area contributed by atoms with Crippen LogP contribution >= 0.6 is 0 Å². The van der Waals surface area contributed by atoms with E-state index in [4.69, 9.17) is 0 Å². The number of aryl methyl sites for hydroxylation is 1. The van der Waals surface area contributed by atoms with Gasteiger partial charge in [0.2, 0.25) is 10.0 Å². The molecule has 2 aromatic rings. The first-order chi connectivity index (χ1) is 14.0. The predicted molar refractivity (Wildman–Crippen MR) is 116 cm³/mol. The molecule has 7 heteroatoms. The van der Waals surface area contributed by atoms with E-state index in [0.717, 1.165) is 43.6 Å². The Morgan fingerprint density at radius 2 is 2.00 bits per heavy atom. The van der Waals surface area contributed by atoms with Crippen molar-refractivity contribution in [2.45, 2.75) is 50.6 Å². The van der Waals surface area contributed by atoms with Gasteiger partial charge in [0.1, 0.15) is 0 Å². The lowest BCUT2D eigenvalue weighted by atomic mass is 9.92. The van der Waals surface area contributed by atoms with Gasteiger partial charge in [-0.1, -0.05) is 32.0 Å². The standard InChI is InChI=1S/C22H32N4O2S/c1-3-26(4-2)15-14-25-29(27,28)20-11-5-8-18(16-20)17-24-21-12-6-9-19-10-7-13-23-22(19)21/h5,7-8,10-11,13,16,21,24-25H,3-4,6,9,12,14-15,17H2,1-2H3. The van der Waals surface area contributed by atoms with Gasteiger partial charge in [-0.25, -0.2) is 13.1 Å². The van der Waals surface area contributed by atoms with E-state index < -0.39 is 10.0 Å². The molecule has 0 radical (unpaired) electrons. The SMILES string of the molecule is CCN(CC)CCNS(=O)(=O)c1cccc(CNC2CCCc3cccnc32)c1. The third-order valence-electron chi connectivity index (χ3n) is 5.57. The van der Waals surface area contributed by atoms with Crippen LogP contribution in [0.15, 0.2) is 47.5 Å². The summed E-state index contributed by atoms with van der Waals surface area (Å²) in [6.07, 6.45) is 5.11. The molecular formula is C22H32N4O2S. The van der Waals surface area contributed by atoms with E-state index in [-0.39, 0.29) is 6.04 Å². The van der Waals surface area contributed by atoms with Gasteiger partial charge in [-0.15, -0.1) is 0 Å².